The Morgan fingerprint density at radius 1 is 1.30 bits per heavy atom. The van der Waals surface area contributed by atoms with Gasteiger partial charge in [-0.05, 0) is 38.2 Å². The molecule has 0 aliphatic heterocycles. The molecule has 7 heteroatoms. The molecule has 1 aliphatic rings. The van der Waals surface area contributed by atoms with Crippen molar-refractivity contribution in [3.63, 3.8) is 0 Å². The van der Waals surface area contributed by atoms with Crippen LogP contribution in [0.15, 0.2) is 0 Å². The fraction of sp³-hybridized carbons (Fsp3) is 0.923. The van der Waals surface area contributed by atoms with Gasteiger partial charge in [0, 0.05) is 6.04 Å². The molecular formula is C13H26N2O3S2. The first-order chi connectivity index (χ1) is 9.48. The first-order valence-corrected chi connectivity index (χ1v) is 10.3. The van der Waals surface area contributed by atoms with Crippen molar-refractivity contribution in [2.24, 2.45) is 0 Å². The van der Waals surface area contributed by atoms with Crippen molar-refractivity contribution >= 4 is 27.7 Å². The third-order valence-corrected chi connectivity index (χ3v) is 5.63. The molecular weight excluding hydrogens is 296 g/mol. The van der Waals surface area contributed by atoms with Gasteiger partial charge in [-0.3, -0.25) is 4.79 Å². The van der Waals surface area contributed by atoms with Gasteiger partial charge in [-0.15, -0.1) is 0 Å². The van der Waals surface area contributed by atoms with Crippen molar-refractivity contribution in [3.8, 4) is 0 Å². The Bertz CT molecular complexity index is 392. The van der Waals surface area contributed by atoms with Crippen molar-refractivity contribution in [2.75, 3.05) is 17.8 Å². The predicted molar refractivity (Wildman–Crippen MR) is 84.4 cm³/mol. The summed E-state index contributed by atoms with van der Waals surface area (Å²) < 4.78 is 25.9. The fourth-order valence-corrected chi connectivity index (χ4v) is 3.62. The van der Waals surface area contributed by atoms with E-state index in [1.165, 1.54) is 6.42 Å². The lowest BCUT2D eigenvalue weighted by molar-refractivity contribution is -0.123. The Morgan fingerprint density at radius 2 is 1.95 bits per heavy atom. The van der Waals surface area contributed by atoms with E-state index in [0.717, 1.165) is 31.4 Å². The lowest BCUT2D eigenvalue weighted by Gasteiger charge is -2.25. The van der Waals surface area contributed by atoms with Gasteiger partial charge in [0.2, 0.25) is 15.9 Å². The van der Waals surface area contributed by atoms with E-state index in [9.17, 15) is 13.2 Å². The van der Waals surface area contributed by atoms with E-state index < -0.39 is 16.1 Å². The van der Waals surface area contributed by atoms with Crippen molar-refractivity contribution in [1.82, 2.24) is 10.0 Å². The minimum absolute atomic E-state index is 0.000519. The van der Waals surface area contributed by atoms with Crippen LogP contribution in [0.2, 0.25) is 0 Å². The van der Waals surface area contributed by atoms with Gasteiger partial charge in [0.15, 0.2) is 0 Å². The van der Waals surface area contributed by atoms with Crippen LogP contribution < -0.4 is 10.0 Å². The maximum absolute atomic E-state index is 12.3. The number of carbonyl (C=O) groups excluding carboxylic acids is 1. The molecule has 20 heavy (non-hydrogen) atoms. The molecule has 0 saturated heterocycles. The SMILES string of the molecule is CCS(=O)(=O)NC(CCSC)C(=O)NC1CCCCC1. The highest BCUT2D eigenvalue weighted by Gasteiger charge is 2.25. The molecule has 0 aromatic rings. The average molecular weight is 322 g/mol. The van der Waals surface area contributed by atoms with Crippen LogP contribution in [-0.2, 0) is 14.8 Å². The normalized spacial score (nSPS) is 18.7. The molecule has 1 amide bonds. The fourth-order valence-electron chi connectivity index (χ4n) is 2.33. The summed E-state index contributed by atoms with van der Waals surface area (Å²) in [5, 5.41) is 3.00. The molecule has 0 aromatic carbocycles. The van der Waals surface area contributed by atoms with Crippen LogP contribution >= 0.6 is 11.8 Å². The second-order valence-corrected chi connectivity index (χ2v) is 8.23. The van der Waals surface area contributed by atoms with E-state index in [1.807, 2.05) is 6.26 Å². The predicted octanol–water partition coefficient (Wildman–Crippen LogP) is 1.50. The van der Waals surface area contributed by atoms with Gasteiger partial charge in [-0.2, -0.15) is 11.8 Å². The molecule has 1 atom stereocenters. The van der Waals surface area contributed by atoms with Gasteiger partial charge >= 0.3 is 0 Å². The quantitative estimate of drug-likeness (QED) is 0.710. The Morgan fingerprint density at radius 3 is 2.50 bits per heavy atom. The molecule has 1 saturated carbocycles. The summed E-state index contributed by atoms with van der Waals surface area (Å²) in [6.45, 7) is 1.58. The summed E-state index contributed by atoms with van der Waals surface area (Å²) in [6.07, 6.45) is 7.99. The summed E-state index contributed by atoms with van der Waals surface area (Å²) in [7, 11) is -3.36. The van der Waals surface area contributed by atoms with Gasteiger partial charge in [0.1, 0.15) is 6.04 Å². The zero-order valence-electron chi connectivity index (χ0n) is 12.4. The van der Waals surface area contributed by atoms with Gasteiger partial charge in [0.25, 0.3) is 0 Å². The monoisotopic (exact) mass is 322 g/mol. The number of amides is 1. The summed E-state index contributed by atoms with van der Waals surface area (Å²) >= 11 is 1.61. The van der Waals surface area contributed by atoms with Gasteiger partial charge < -0.3 is 5.32 Å². The largest absolute Gasteiger partial charge is 0.352 e. The summed E-state index contributed by atoms with van der Waals surface area (Å²) in [6, 6.07) is -0.437. The van der Waals surface area contributed by atoms with Crippen molar-refractivity contribution < 1.29 is 13.2 Å². The molecule has 0 spiro atoms. The van der Waals surface area contributed by atoms with Crippen LogP contribution in [0.5, 0.6) is 0 Å². The van der Waals surface area contributed by atoms with Crippen molar-refractivity contribution in [2.45, 2.75) is 57.5 Å². The second-order valence-electron chi connectivity index (χ2n) is 5.20. The van der Waals surface area contributed by atoms with Crippen LogP contribution in [-0.4, -0.2) is 44.2 Å². The summed E-state index contributed by atoms with van der Waals surface area (Å²) in [4.78, 5) is 12.3. The average Bonchev–Trinajstić information content (AvgIpc) is 2.44. The Balaban J connectivity index is 2.58. The van der Waals surface area contributed by atoms with Crippen molar-refractivity contribution in [1.29, 1.82) is 0 Å². The Labute approximate surface area is 126 Å². The molecule has 1 rings (SSSR count). The van der Waals surface area contributed by atoms with Gasteiger partial charge in [0.05, 0.1) is 5.75 Å². The lowest BCUT2D eigenvalue weighted by atomic mass is 9.95. The highest BCUT2D eigenvalue weighted by Crippen LogP contribution is 2.17. The maximum Gasteiger partial charge on any atom is 0.238 e. The van der Waals surface area contributed by atoms with Crippen LogP contribution in [0.3, 0.4) is 0 Å². The number of hydrogen-bond donors (Lipinski definition) is 2. The van der Waals surface area contributed by atoms with E-state index in [0.29, 0.717) is 6.42 Å². The molecule has 2 N–H and O–H groups in total. The number of nitrogens with one attached hydrogen (secondary N) is 2. The summed E-state index contributed by atoms with van der Waals surface area (Å²) in [5.74, 6) is 0.581. The molecule has 0 aromatic heterocycles. The Kier molecular flexibility index (Phi) is 7.91. The third-order valence-electron chi connectivity index (χ3n) is 3.58. The second kappa shape index (κ2) is 8.89. The van der Waals surface area contributed by atoms with Crippen LogP contribution in [0.1, 0.15) is 45.4 Å². The Hall–Kier alpha value is -0.270. The number of thioether (sulfide) groups is 1. The smallest absolute Gasteiger partial charge is 0.238 e. The standard InChI is InChI=1S/C13H26N2O3S2/c1-3-20(17,18)15-12(9-10-19-2)13(16)14-11-7-5-4-6-8-11/h11-12,15H,3-10H2,1-2H3,(H,14,16). The first-order valence-electron chi connectivity index (χ1n) is 7.28. The van der Waals surface area contributed by atoms with Gasteiger partial charge in [-0.25, -0.2) is 13.1 Å². The lowest BCUT2D eigenvalue weighted by Crippen LogP contribution is -2.50. The zero-order valence-corrected chi connectivity index (χ0v) is 14.0. The molecule has 1 unspecified atom stereocenters. The molecule has 0 radical (unpaired) electrons. The summed E-state index contributed by atoms with van der Waals surface area (Å²) in [5.41, 5.74) is 0. The van der Waals surface area contributed by atoms with E-state index in [4.69, 9.17) is 0 Å². The number of hydrogen-bond acceptors (Lipinski definition) is 4. The molecule has 1 aliphatic carbocycles. The number of sulfonamides is 1. The maximum atomic E-state index is 12.3. The number of rotatable bonds is 8. The minimum atomic E-state index is -3.36. The highest BCUT2D eigenvalue weighted by atomic mass is 32.2. The van der Waals surface area contributed by atoms with E-state index in [1.54, 1.807) is 18.7 Å². The van der Waals surface area contributed by atoms with Gasteiger partial charge in [-0.1, -0.05) is 19.3 Å². The minimum Gasteiger partial charge on any atom is -0.352 e. The van der Waals surface area contributed by atoms with Crippen molar-refractivity contribution in [3.05, 3.63) is 0 Å². The number of carbonyl (C=O) groups is 1. The highest BCUT2D eigenvalue weighted by molar-refractivity contribution is 7.98. The van der Waals surface area contributed by atoms with Crippen LogP contribution in [0.25, 0.3) is 0 Å². The van der Waals surface area contributed by atoms with Crippen LogP contribution in [0, 0.1) is 0 Å². The van der Waals surface area contributed by atoms with E-state index in [2.05, 4.69) is 10.0 Å². The van der Waals surface area contributed by atoms with E-state index >= 15 is 0 Å². The molecule has 1 fully saturated rings. The first kappa shape index (κ1) is 17.8. The molecule has 0 bridgehead atoms. The molecule has 0 heterocycles. The topological polar surface area (TPSA) is 75.3 Å². The van der Waals surface area contributed by atoms with Crippen LogP contribution in [0.4, 0.5) is 0 Å². The van der Waals surface area contributed by atoms with E-state index in [-0.39, 0.29) is 17.7 Å². The molecule has 118 valence electrons. The third kappa shape index (κ3) is 6.45. The zero-order chi connectivity index (χ0) is 15.0. The molecule has 5 nitrogen and oxygen atoms in total.